The fraction of sp³-hybridized carbons (Fsp3) is 0.389. The van der Waals surface area contributed by atoms with E-state index in [9.17, 15) is 14.4 Å². The van der Waals surface area contributed by atoms with Crippen molar-refractivity contribution in [2.75, 3.05) is 6.79 Å². The van der Waals surface area contributed by atoms with Gasteiger partial charge in [0.1, 0.15) is 5.92 Å². The molecule has 1 aliphatic heterocycles. The molecule has 0 N–H and O–H groups in total. The highest BCUT2D eigenvalue weighted by atomic mass is 16.7. The Morgan fingerprint density at radius 3 is 2.48 bits per heavy atom. The fourth-order valence-electron chi connectivity index (χ4n) is 3.00. The number of rotatable bonds is 3. The molecule has 23 heavy (non-hydrogen) atoms. The van der Waals surface area contributed by atoms with Gasteiger partial charge in [0.2, 0.25) is 6.79 Å². The smallest absolute Gasteiger partial charge is 0.231 e. The summed E-state index contributed by atoms with van der Waals surface area (Å²) in [5.74, 6) is -0.890. The second-order valence-corrected chi connectivity index (χ2v) is 6.73. The molecule has 0 saturated heterocycles. The second-order valence-electron chi connectivity index (χ2n) is 6.73. The van der Waals surface area contributed by atoms with E-state index in [-0.39, 0.29) is 36.6 Å². The number of Topliss-reactive ketones (excluding diaryl/α,β-unsaturated/α-hetero) is 2. The summed E-state index contributed by atoms with van der Waals surface area (Å²) in [6.07, 6.45) is 3.40. The first-order chi connectivity index (χ1) is 10.9. The van der Waals surface area contributed by atoms with E-state index in [4.69, 9.17) is 9.47 Å². The molecular formula is C18H18O5. The quantitative estimate of drug-likeness (QED) is 0.633. The van der Waals surface area contributed by atoms with Crippen LogP contribution in [0.5, 0.6) is 11.5 Å². The standard InChI is InChI=1S/C18H18O5/c1-18(2)8-13(20)17(14(21)9-18)12(19)5-3-11-4-6-15-16(7-11)23-10-22-15/h3-7,17H,8-10H2,1-2H3/b5-3+. The van der Waals surface area contributed by atoms with Crippen LogP contribution in [0.3, 0.4) is 0 Å². The summed E-state index contributed by atoms with van der Waals surface area (Å²) in [5, 5.41) is 0. The molecule has 120 valence electrons. The summed E-state index contributed by atoms with van der Waals surface area (Å²) in [5.41, 5.74) is 0.394. The van der Waals surface area contributed by atoms with Crippen molar-refractivity contribution in [3.05, 3.63) is 29.8 Å². The highest BCUT2D eigenvalue weighted by Gasteiger charge is 2.42. The summed E-state index contributed by atoms with van der Waals surface area (Å²) < 4.78 is 10.5. The van der Waals surface area contributed by atoms with Gasteiger partial charge in [-0.25, -0.2) is 0 Å². The van der Waals surface area contributed by atoms with Crippen molar-refractivity contribution in [2.45, 2.75) is 26.7 Å². The Morgan fingerprint density at radius 2 is 1.78 bits per heavy atom. The lowest BCUT2D eigenvalue weighted by atomic mass is 9.70. The largest absolute Gasteiger partial charge is 0.454 e. The molecule has 1 heterocycles. The zero-order valence-corrected chi connectivity index (χ0v) is 13.1. The van der Waals surface area contributed by atoms with Crippen LogP contribution in [0, 0.1) is 11.3 Å². The second kappa shape index (κ2) is 5.65. The Hall–Kier alpha value is -2.43. The topological polar surface area (TPSA) is 69.7 Å². The molecule has 0 aromatic heterocycles. The molecule has 0 bridgehead atoms. The highest BCUT2D eigenvalue weighted by Crippen LogP contribution is 2.35. The lowest BCUT2D eigenvalue weighted by Crippen LogP contribution is -2.41. The van der Waals surface area contributed by atoms with Gasteiger partial charge in [-0.15, -0.1) is 0 Å². The van der Waals surface area contributed by atoms with Crippen LogP contribution in [0.4, 0.5) is 0 Å². The van der Waals surface area contributed by atoms with Crippen molar-refractivity contribution in [3.8, 4) is 11.5 Å². The first-order valence-electron chi connectivity index (χ1n) is 7.53. The Morgan fingerprint density at radius 1 is 1.13 bits per heavy atom. The number of allylic oxidation sites excluding steroid dienone is 1. The third-order valence-electron chi connectivity index (χ3n) is 4.07. The van der Waals surface area contributed by atoms with Crippen molar-refractivity contribution in [3.63, 3.8) is 0 Å². The summed E-state index contributed by atoms with van der Waals surface area (Å²) >= 11 is 0. The van der Waals surface area contributed by atoms with Gasteiger partial charge in [-0.1, -0.05) is 26.0 Å². The van der Waals surface area contributed by atoms with Gasteiger partial charge in [-0.2, -0.15) is 0 Å². The Balaban J connectivity index is 1.74. The van der Waals surface area contributed by atoms with Gasteiger partial charge >= 0.3 is 0 Å². The minimum absolute atomic E-state index is 0.183. The van der Waals surface area contributed by atoms with Crippen molar-refractivity contribution < 1.29 is 23.9 Å². The SMILES string of the molecule is CC1(C)CC(=O)C(C(=O)/C=C/c2ccc3c(c2)OCO3)C(=O)C1. The molecule has 0 unspecified atom stereocenters. The maximum Gasteiger partial charge on any atom is 0.231 e. The number of hydrogen-bond acceptors (Lipinski definition) is 5. The van der Waals surface area contributed by atoms with Crippen LogP contribution in [0.1, 0.15) is 32.3 Å². The van der Waals surface area contributed by atoms with E-state index >= 15 is 0 Å². The molecule has 1 saturated carbocycles. The molecule has 5 nitrogen and oxygen atoms in total. The van der Waals surface area contributed by atoms with Crippen molar-refractivity contribution in [2.24, 2.45) is 11.3 Å². The Labute approximate surface area is 134 Å². The molecule has 2 aliphatic rings. The van der Waals surface area contributed by atoms with E-state index < -0.39 is 11.7 Å². The summed E-state index contributed by atoms with van der Waals surface area (Å²) in [4.78, 5) is 36.5. The molecule has 0 atom stereocenters. The van der Waals surface area contributed by atoms with Gasteiger partial charge in [-0.3, -0.25) is 14.4 Å². The van der Waals surface area contributed by atoms with E-state index in [0.29, 0.717) is 11.5 Å². The molecule has 5 heteroatoms. The summed E-state index contributed by atoms with van der Waals surface area (Å²) in [7, 11) is 0. The minimum atomic E-state index is -1.15. The molecule has 1 fully saturated rings. The van der Waals surface area contributed by atoms with Gasteiger partial charge in [0, 0.05) is 12.8 Å². The molecule has 1 aliphatic carbocycles. The number of carbonyl (C=O) groups excluding carboxylic acids is 3. The van der Waals surface area contributed by atoms with E-state index in [1.807, 2.05) is 13.8 Å². The maximum atomic E-state index is 12.3. The third kappa shape index (κ3) is 3.18. The van der Waals surface area contributed by atoms with Gasteiger partial charge in [0.05, 0.1) is 0 Å². The van der Waals surface area contributed by atoms with Gasteiger partial charge in [-0.05, 0) is 29.2 Å². The van der Waals surface area contributed by atoms with Crippen LogP contribution in [0.25, 0.3) is 6.08 Å². The van der Waals surface area contributed by atoms with Crippen LogP contribution in [-0.2, 0) is 14.4 Å². The number of ketones is 3. The molecule has 0 amide bonds. The lowest BCUT2D eigenvalue weighted by Gasteiger charge is -2.30. The first-order valence-corrected chi connectivity index (χ1v) is 7.53. The van der Waals surface area contributed by atoms with E-state index in [1.54, 1.807) is 24.3 Å². The average Bonchev–Trinajstić information content (AvgIpc) is 2.90. The number of hydrogen-bond donors (Lipinski definition) is 0. The summed E-state index contributed by atoms with van der Waals surface area (Å²) in [6, 6.07) is 5.29. The predicted molar refractivity (Wildman–Crippen MR) is 83.1 cm³/mol. The van der Waals surface area contributed by atoms with E-state index in [1.165, 1.54) is 6.08 Å². The number of fused-ring (bicyclic) bond motifs is 1. The average molecular weight is 314 g/mol. The van der Waals surface area contributed by atoms with Crippen molar-refractivity contribution in [1.82, 2.24) is 0 Å². The Kier molecular flexibility index (Phi) is 3.80. The fourth-order valence-corrected chi connectivity index (χ4v) is 3.00. The van der Waals surface area contributed by atoms with Crippen LogP contribution in [0.2, 0.25) is 0 Å². The third-order valence-corrected chi connectivity index (χ3v) is 4.07. The molecule has 1 aromatic rings. The van der Waals surface area contributed by atoms with E-state index in [0.717, 1.165) is 5.56 Å². The van der Waals surface area contributed by atoms with Crippen LogP contribution >= 0.6 is 0 Å². The van der Waals surface area contributed by atoms with Gasteiger partial charge < -0.3 is 9.47 Å². The minimum Gasteiger partial charge on any atom is -0.454 e. The van der Waals surface area contributed by atoms with Crippen LogP contribution in [-0.4, -0.2) is 24.1 Å². The van der Waals surface area contributed by atoms with Crippen LogP contribution in [0.15, 0.2) is 24.3 Å². The first kappa shape index (κ1) is 15.5. The molecule has 3 rings (SSSR count). The number of carbonyl (C=O) groups is 3. The normalized spacial score (nSPS) is 20.3. The van der Waals surface area contributed by atoms with E-state index in [2.05, 4.69) is 0 Å². The van der Waals surface area contributed by atoms with Gasteiger partial charge in [0.15, 0.2) is 28.8 Å². The van der Waals surface area contributed by atoms with Crippen molar-refractivity contribution in [1.29, 1.82) is 0 Å². The maximum absolute atomic E-state index is 12.3. The predicted octanol–water partition coefficient (Wildman–Crippen LogP) is 2.57. The van der Waals surface area contributed by atoms with Crippen molar-refractivity contribution >= 4 is 23.4 Å². The van der Waals surface area contributed by atoms with Gasteiger partial charge in [0.25, 0.3) is 0 Å². The summed E-state index contributed by atoms with van der Waals surface area (Å²) in [6.45, 7) is 3.92. The zero-order valence-electron chi connectivity index (χ0n) is 13.1. The number of benzene rings is 1. The molecule has 0 radical (unpaired) electrons. The molecule has 0 spiro atoms. The van der Waals surface area contributed by atoms with Crippen LogP contribution < -0.4 is 9.47 Å². The lowest BCUT2D eigenvalue weighted by molar-refractivity contribution is -0.143. The number of ether oxygens (including phenoxy) is 2. The zero-order chi connectivity index (χ0) is 16.6. The monoisotopic (exact) mass is 314 g/mol. The molecular weight excluding hydrogens is 296 g/mol. The molecule has 1 aromatic carbocycles. The Bertz CT molecular complexity index is 694. The highest BCUT2D eigenvalue weighted by molar-refractivity contribution is 6.24.